The van der Waals surface area contributed by atoms with Crippen molar-refractivity contribution in [3.8, 4) is 17.4 Å². The number of rotatable bonds is 5. The second-order valence-corrected chi connectivity index (χ2v) is 6.06. The molecule has 2 aromatic carbocycles. The van der Waals surface area contributed by atoms with Crippen molar-refractivity contribution in [3.63, 3.8) is 0 Å². The first kappa shape index (κ1) is 19.6. The zero-order valence-corrected chi connectivity index (χ0v) is 15.5. The number of hydrogen-bond donors (Lipinski definition) is 2. The highest BCUT2D eigenvalue weighted by Gasteiger charge is 2.30. The summed E-state index contributed by atoms with van der Waals surface area (Å²) in [6.45, 7) is 1.85. The van der Waals surface area contributed by atoms with Gasteiger partial charge in [-0.25, -0.2) is 0 Å². The highest BCUT2D eigenvalue weighted by molar-refractivity contribution is 6.14. The number of benzene rings is 2. The molecule has 0 saturated carbocycles. The predicted octanol–water partition coefficient (Wildman–Crippen LogP) is 5.44. The zero-order chi connectivity index (χ0) is 20.5. The third-order valence-corrected chi connectivity index (χ3v) is 4.37. The summed E-state index contributed by atoms with van der Waals surface area (Å²) in [7, 11) is 3.02. The van der Waals surface area contributed by atoms with Crippen LogP contribution in [0.3, 0.4) is 0 Å². The van der Waals surface area contributed by atoms with E-state index in [2.05, 4.69) is 9.98 Å². The van der Waals surface area contributed by atoms with Gasteiger partial charge in [0.1, 0.15) is 0 Å². The van der Waals surface area contributed by atoms with E-state index < -0.39 is 11.7 Å². The Labute approximate surface area is 159 Å². The Morgan fingerprint density at radius 2 is 1.68 bits per heavy atom. The lowest BCUT2D eigenvalue weighted by Crippen LogP contribution is -2.04. The molecule has 0 radical (unpaired) electrons. The molecule has 8 heteroatoms. The van der Waals surface area contributed by atoms with Crippen LogP contribution in [0.25, 0.3) is 10.9 Å². The maximum absolute atomic E-state index is 12.7. The summed E-state index contributed by atoms with van der Waals surface area (Å²) in [5.41, 5.74) is 1.24. The summed E-state index contributed by atoms with van der Waals surface area (Å²) in [6.07, 6.45) is -3.95. The molecule has 0 aliphatic heterocycles. The van der Waals surface area contributed by atoms with Crippen LogP contribution in [0.15, 0.2) is 41.4 Å². The molecule has 0 atom stereocenters. The largest absolute Gasteiger partial charge is 0.494 e. The average Bonchev–Trinajstić information content (AvgIpc) is 2.99. The van der Waals surface area contributed by atoms with E-state index in [4.69, 9.17) is 9.47 Å². The molecule has 3 rings (SSSR count). The standard InChI is InChI=1S/C20H19F3N2O3/c1-4-14(24-12-7-5-11(6-8-12)20(21,22)23)18-13-9-16(27-2)17(28-3)10-15(13)25-19(18)26/h5-10,25-26H,4H2,1-3H3. The molecule has 0 amide bonds. The second kappa shape index (κ2) is 7.46. The molecule has 0 aliphatic rings. The maximum atomic E-state index is 12.7. The fourth-order valence-electron chi connectivity index (χ4n) is 2.99. The molecular formula is C20H19F3N2O3. The summed E-state index contributed by atoms with van der Waals surface area (Å²) in [5, 5.41) is 11.1. The minimum atomic E-state index is -4.40. The van der Waals surface area contributed by atoms with Crippen LogP contribution in [-0.2, 0) is 6.18 Å². The molecule has 0 fully saturated rings. The lowest BCUT2D eigenvalue weighted by atomic mass is 10.1. The van der Waals surface area contributed by atoms with Crippen molar-refractivity contribution in [1.29, 1.82) is 0 Å². The summed E-state index contributed by atoms with van der Waals surface area (Å²) in [6, 6.07) is 7.98. The van der Waals surface area contributed by atoms with Gasteiger partial charge >= 0.3 is 6.18 Å². The molecule has 2 N–H and O–H groups in total. The van der Waals surface area contributed by atoms with E-state index in [0.29, 0.717) is 45.8 Å². The Bertz CT molecular complexity index is 1020. The third-order valence-electron chi connectivity index (χ3n) is 4.37. The van der Waals surface area contributed by atoms with Crippen LogP contribution >= 0.6 is 0 Å². The molecule has 5 nitrogen and oxygen atoms in total. The van der Waals surface area contributed by atoms with E-state index in [9.17, 15) is 18.3 Å². The molecule has 0 bridgehead atoms. The Kier molecular flexibility index (Phi) is 5.22. The highest BCUT2D eigenvalue weighted by Crippen LogP contribution is 2.38. The van der Waals surface area contributed by atoms with E-state index >= 15 is 0 Å². The molecule has 0 saturated heterocycles. The van der Waals surface area contributed by atoms with E-state index in [1.807, 2.05) is 6.92 Å². The van der Waals surface area contributed by atoms with Crippen LogP contribution in [0.1, 0.15) is 24.5 Å². The zero-order valence-electron chi connectivity index (χ0n) is 15.5. The first-order valence-corrected chi connectivity index (χ1v) is 8.50. The van der Waals surface area contributed by atoms with Crippen LogP contribution in [0.4, 0.5) is 18.9 Å². The Morgan fingerprint density at radius 3 is 2.21 bits per heavy atom. The number of aromatic nitrogens is 1. The number of aliphatic imine (C=N–C) groups is 1. The molecule has 0 aliphatic carbocycles. The van der Waals surface area contributed by atoms with Gasteiger partial charge in [-0.3, -0.25) is 4.99 Å². The first-order chi connectivity index (χ1) is 13.3. The van der Waals surface area contributed by atoms with E-state index in [1.54, 1.807) is 12.1 Å². The number of hydrogen-bond acceptors (Lipinski definition) is 4. The molecule has 148 valence electrons. The van der Waals surface area contributed by atoms with Crippen LogP contribution < -0.4 is 9.47 Å². The number of H-pyrrole nitrogens is 1. The van der Waals surface area contributed by atoms with Crippen molar-refractivity contribution in [2.24, 2.45) is 4.99 Å². The quantitative estimate of drug-likeness (QED) is 0.568. The van der Waals surface area contributed by atoms with Crippen molar-refractivity contribution in [3.05, 3.63) is 47.5 Å². The van der Waals surface area contributed by atoms with Gasteiger partial charge in [-0.1, -0.05) is 6.92 Å². The lowest BCUT2D eigenvalue weighted by Gasteiger charge is -2.09. The normalized spacial score (nSPS) is 12.4. The summed E-state index contributed by atoms with van der Waals surface area (Å²) in [4.78, 5) is 7.32. The minimum absolute atomic E-state index is 0.0854. The van der Waals surface area contributed by atoms with Gasteiger partial charge in [0.15, 0.2) is 17.4 Å². The number of nitrogens with one attached hydrogen (secondary N) is 1. The van der Waals surface area contributed by atoms with Crippen molar-refractivity contribution >= 4 is 22.3 Å². The third kappa shape index (κ3) is 3.62. The molecule has 0 spiro atoms. The van der Waals surface area contributed by atoms with Crippen LogP contribution in [0.5, 0.6) is 17.4 Å². The number of nitrogens with zero attached hydrogens (tertiary/aromatic N) is 1. The summed E-state index contributed by atoms with van der Waals surface area (Å²) in [5.74, 6) is 0.901. The van der Waals surface area contributed by atoms with Gasteiger partial charge in [0.2, 0.25) is 0 Å². The Balaban J connectivity index is 2.10. The summed E-state index contributed by atoms with van der Waals surface area (Å²) < 4.78 is 48.8. The smallest absolute Gasteiger partial charge is 0.416 e. The van der Waals surface area contributed by atoms with Gasteiger partial charge in [0, 0.05) is 11.5 Å². The van der Waals surface area contributed by atoms with Gasteiger partial charge in [-0.15, -0.1) is 0 Å². The van der Waals surface area contributed by atoms with Crippen LogP contribution in [-0.4, -0.2) is 30.0 Å². The number of ether oxygens (including phenoxy) is 2. The first-order valence-electron chi connectivity index (χ1n) is 8.50. The summed E-state index contributed by atoms with van der Waals surface area (Å²) >= 11 is 0. The number of aromatic amines is 1. The second-order valence-electron chi connectivity index (χ2n) is 6.06. The number of fused-ring (bicyclic) bond motifs is 1. The van der Waals surface area contributed by atoms with E-state index in [1.165, 1.54) is 26.4 Å². The molecule has 1 heterocycles. The van der Waals surface area contributed by atoms with Gasteiger partial charge in [-0.05, 0) is 36.8 Å². The van der Waals surface area contributed by atoms with Crippen LogP contribution in [0.2, 0.25) is 0 Å². The average molecular weight is 392 g/mol. The number of aromatic hydroxyl groups is 1. The minimum Gasteiger partial charge on any atom is -0.494 e. The monoisotopic (exact) mass is 392 g/mol. The van der Waals surface area contributed by atoms with Gasteiger partial charge in [0.05, 0.1) is 42.3 Å². The number of methoxy groups -OCH3 is 2. The predicted molar refractivity (Wildman–Crippen MR) is 101 cm³/mol. The fraction of sp³-hybridized carbons (Fsp3) is 0.250. The molecular weight excluding hydrogens is 373 g/mol. The number of halogens is 3. The van der Waals surface area contributed by atoms with Crippen LogP contribution in [0, 0.1) is 0 Å². The molecule has 0 unspecified atom stereocenters. The SMILES string of the molecule is CCC(=Nc1ccc(C(F)(F)F)cc1)c1c(O)[nH]c2cc(OC)c(OC)cc12. The van der Waals surface area contributed by atoms with Crippen molar-refractivity contribution in [2.45, 2.75) is 19.5 Å². The van der Waals surface area contributed by atoms with Crippen molar-refractivity contribution in [2.75, 3.05) is 14.2 Å². The van der Waals surface area contributed by atoms with E-state index in [0.717, 1.165) is 12.1 Å². The maximum Gasteiger partial charge on any atom is 0.416 e. The van der Waals surface area contributed by atoms with Gasteiger partial charge in [-0.2, -0.15) is 13.2 Å². The van der Waals surface area contributed by atoms with Crippen molar-refractivity contribution in [1.82, 2.24) is 4.98 Å². The number of alkyl halides is 3. The van der Waals surface area contributed by atoms with E-state index in [-0.39, 0.29) is 5.88 Å². The molecule has 1 aromatic heterocycles. The van der Waals surface area contributed by atoms with Crippen molar-refractivity contribution < 1.29 is 27.8 Å². The highest BCUT2D eigenvalue weighted by atomic mass is 19.4. The topological polar surface area (TPSA) is 66.8 Å². The fourth-order valence-corrected chi connectivity index (χ4v) is 2.99. The lowest BCUT2D eigenvalue weighted by molar-refractivity contribution is -0.137. The Morgan fingerprint density at radius 1 is 1.07 bits per heavy atom. The molecule has 3 aromatic rings. The van der Waals surface area contributed by atoms with Gasteiger partial charge in [0.25, 0.3) is 0 Å². The Hall–Kier alpha value is -3.16. The molecule has 28 heavy (non-hydrogen) atoms. The van der Waals surface area contributed by atoms with Gasteiger partial charge < -0.3 is 19.6 Å².